The number of hydrogen-bond acceptors (Lipinski definition) is 5. The molecule has 0 spiro atoms. The van der Waals surface area contributed by atoms with Crippen LogP contribution in [0.4, 0.5) is 0 Å². The van der Waals surface area contributed by atoms with Crippen molar-refractivity contribution in [1.29, 1.82) is 0 Å². The van der Waals surface area contributed by atoms with Gasteiger partial charge in [-0.25, -0.2) is 4.68 Å². The monoisotopic (exact) mass is 350 g/mol. The molecule has 110 valence electrons. The molecule has 3 heterocycles. The summed E-state index contributed by atoms with van der Waals surface area (Å²) in [6, 6.07) is 4.38. The predicted molar refractivity (Wildman–Crippen MR) is 80.7 cm³/mol. The van der Waals surface area contributed by atoms with E-state index in [1.54, 1.807) is 0 Å². The van der Waals surface area contributed by atoms with Crippen molar-refractivity contribution in [2.45, 2.75) is 12.5 Å². The first-order valence-corrected chi connectivity index (χ1v) is 7.82. The van der Waals surface area contributed by atoms with Crippen LogP contribution in [0.2, 0.25) is 0 Å². The van der Waals surface area contributed by atoms with E-state index in [1.807, 2.05) is 23.0 Å². The minimum Gasteiger partial charge on any atom is -0.489 e. The molecule has 2 aromatic rings. The highest BCUT2D eigenvalue weighted by Crippen LogP contribution is 2.40. The molecule has 0 amide bonds. The number of rotatable bonds is 2. The van der Waals surface area contributed by atoms with E-state index in [4.69, 9.17) is 9.47 Å². The Labute approximate surface area is 130 Å². The Morgan fingerprint density at radius 1 is 1.24 bits per heavy atom. The van der Waals surface area contributed by atoms with Gasteiger partial charge in [-0.3, -0.25) is 0 Å². The second kappa shape index (κ2) is 5.31. The predicted octanol–water partition coefficient (Wildman–Crippen LogP) is 2.01. The Bertz CT molecular complexity index is 669. The summed E-state index contributed by atoms with van der Waals surface area (Å²) in [5, 5.41) is 11.7. The molecule has 2 aliphatic rings. The first-order valence-electron chi connectivity index (χ1n) is 7.03. The lowest BCUT2D eigenvalue weighted by Crippen LogP contribution is -2.43. The molecule has 1 fully saturated rings. The number of nitrogens with one attached hydrogen (secondary N) is 1. The fourth-order valence-corrected chi connectivity index (χ4v) is 2.98. The molecule has 21 heavy (non-hydrogen) atoms. The number of hydrogen-bond donors (Lipinski definition) is 1. The lowest BCUT2D eigenvalue weighted by atomic mass is 10.1. The summed E-state index contributed by atoms with van der Waals surface area (Å²) in [5.74, 6) is 1.53. The van der Waals surface area contributed by atoms with Crippen molar-refractivity contribution in [3.8, 4) is 22.8 Å². The summed E-state index contributed by atoms with van der Waals surface area (Å²) < 4.78 is 14.3. The minimum absolute atomic E-state index is 0.412. The fourth-order valence-electron chi connectivity index (χ4n) is 2.43. The van der Waals surface area contributed by atoms with E-state index in [1.165, 1.54) is 0 Å². The van der Waals surface area contributed by atoms with Gasteiger partial charge >= 0.3 is 0 Å². The van der Waals surface area contributed by atoms with Crippen LogP contribution in [-0.4, -0.2) is 41.3 Å². The summed E-state index contributed by atoms with van der Waals surface area (Å²) in [6.07, 6.45) is 2.87. The van der Waals surface area contributed by atoms with E-state index in [0.717, 1.165) is 46.7 Å². The number of nitrogens with zero attached hydrogens (tertiary/aromatic N) is 3. The van der Waals surface area contributed by atoms with Crippen molar-refractivity contribution in [3.05, 3.63) is 22.8 Å². The zero-order valence-corrected chi connectivity index (χ0v) is 13.0. The second-order valence-corrected chi connectivity index (χ2v) is 6.09. The number of ether oxygens (including phenoxy) is 2. The number of benzene rings is 1. The third kappa shape index (κ3) is 2.40. The normalized spacial score (nSPS) is 18.1. The Kier molecular flexibility index (Phi) is 3.31. The largest absolute Gasteiger partial charge is 0.489 e. The highest BCUT2D eigenvalue weighted by molar-refractivity contribution is 9.10. The summed E-state index contributed by atoms with van der Waals surface area (Å²) in [5.41, 5.74) is 1.82. The van der Waals surface area contributed by atoms with E-state index in [0.29, 0.717) is 19.3 Å². The van der Waals surface area contributed by atoms with Crippen LogP contribution in [0.25, 0.3) is 11.3 Å². The molecular formula is C14H15BrN4O2. The maximum absolute atomic E-state index is 5.76. The maximum Gasteiger partial charge on any atom is 0.175 e. The van der Waals surface area contributed by atoms with Gasteiger partial charge in [0.25, 0.3) is 0 Å². The van der Waals surface area contributed by atoms with Crippen molar-refractivity contribution in [1.82, 2.24) is 20.3 Å². The van der Waals surface area contributed by atoms with Gasteiger partial charge in [0.05, 0.1) is 29.9 Å². The lowest BCUT2D eigenvalue weighted by molar-refractivity contribution is 0.296. The van der Waals surface area contributed by atoms with Gasteiger partial charge in [0.2, 0.25) is 0 Å². The summed E-state index contributed by atoms with van der Waals surface area (Å²) in [7, 11) is 0. The Morgan fingerprint density at radius 3 is 2.90 bits per heavy atom. The molecule has 1 N–H and O–H groups in total. The van der Waals surface area contributed by atoms with Crippen LogP contribution in [0.3, 0.4) is 0 Å². The molecule has 1 aromatic carbocycles. The molecule has 7 heteroatoms. The van der Waals surface area contributed by atoms with Gasteiger partial charge in [0, 0.05) is 25.1 Å². The van der Waals surface area contributed by atoms with Crippen LogP contribution in [0.1, 0.15) is 12.5 Å². The van der Waals surface area contributed by atoms with E-state index in [9.17, 15) is 0 Å². The van der Waals surface area contributed by atoms with E-state index < -0.39 is 0 Å². The first-order chi connectivity index (χ1) is 10.3. The lowest BCUT2D eigenvalue weighted by Gasteiger charge is -2.26. The van der Waals surface area contributed by atoms with Crippen molar-refractivity contribution in [2.24, 2.45) is 0 Å². The summed E-state index contributed by atoms with van der Waals surface area (Å²) in [4.78, 5) is 0. The molecular weight excluding hydrogens is 336 g/mol. The molecule has 2 aliphatic heterocycles. The zero-order chi connectivity index (χ0) is 14.2. The Balaban J connectivity index is 1.69. The SMILES string of the molecule is Brc1cc(-c2cn(C3CNC3)nn2)cc2c1OCCCO2. The van der Waals surface area contributed by atoms with Gasteiger partial charge in [0.15, 0.2) is 11.5 Å². The van der Waals surface area contributed by atoms with Crippen LogP contribution < -0.4 is 14.8 Å². The number of halogens is 1. The van der Waals surface area contributed by atoms with E-state index in [2.05, 4.69) is 31.6 Å². The molecule has 0 aliphatic carbocycles. The molecule has 1 aromatic heterocycles. The van der Waals surface area contributed by atoms with Crippen molar-refractivity contribution in [2.75, 3.05) is 26.3 Å². The number of fused-ring (bicyclic) bond motifs is 1. The van der Waals surface area contributed by atoms with Crippen molar-refractivity contribution in [3.63, 3.8) is 0 Å². The Hall–Kier alpha value is -1.60. The molecule has 0 bridgehead atoms. The Morgan fingerprint density at radius 2 is 2.10 bits per heavy atom. The van der Waals surface area contributed by atoms with Crippen LogP contribution in [-0.2, 0) is 0 Å². The second-order valence-electron chi connectivity index (χ2n) is 5.23. The number of aromatic nitrogens is 3. The van der Waals surface area contributed by atoms with Gasteiger partial charge < -0.3 is 14.8 Å². The molecule has 0 unspecified atom stereocenters. The fraction of sp³-hybridized carbons (Fsp3) is 0.429. The standard InChI is InChI=1S/C14H15BrN4O2/c15-11-4-9(5-13-14(11)21-3-1-2-20-13)12-8-19(18-17-12)10-6-16-7-10/h4-5,8,10,16H,1-3,6-7H2. The minimum atomic E-state index is 0.412. The third-order valence-corrected chi connectivity index (χ3v) is 4.33. The van der Waals surface area contributed by atoms with Gasteiger partial charge in [-0.1, -0.05) is 5.21 Å². The smallest absolute Gasteiger partial charge is 0.175 e. The van der Waals surface area contributed by atoms with Crippen LogP contribution >= 0.6 is 15.9 Å². The van der Waals surface area contributed by atoms with Crippen LogP contribution in [0, 0.1) is 0 Å². The maximum atomic E-state index is 5.76. The molecule has 1 saturated heterocycles. The summed E-state index contributed by atoms with van der Waals surface area (Å²) in [6.45, 7) is 3.25. The van der Waals surface area contributed by atoms with Crippen molar-refractivity contribution >= 4 is 15.9 Å². The third-order valence-electron chi connectivity index (χ3n) is 3.74. The summed E-state index contributed by atoms with van der Waals surface area (Å²) >= 11 is 3.56. The average Bonchev–Trinajstić information content (AvgIpc) is 2.75. The van der Waals surface area contributed by atoms with Gasteiger partial charge in [0.1, 0.15) is 5.69 Å². The molecule has 0 saturated carbocycles. The van der Waals surface area contributed by atoms with Crippen LogP contribution in [0.15, 0.2) is 22.8 Å². The zero-order valence-electron chi connectivity index (χ0n) is 11.4. The van der Waals surface area contributed by atoms with Crippen molar-refractivity contribution < 1.29 is 9.47 Å². The molecule has 0 radical (unpaired) electrons. The molecule has 0 atom stereocenters. The van der Waals surface area contributed by atoms with E-state index >= 15 is 0 Å². The molecule has 6 nitrogen and oxygen atoms in total. The molecule has 4 rings (SSSR count). The van der Waals surface area contributed by atoms with Gasteiger partial charge in [-0.05, 0) is 28.1 Å². The highest BCUT2D eigenvalue weighted by atomic mass is 79.9. The highest BCUT2D eigenvalue weighted by Gasteiger charge is 2.21. The average molecular weight is 351 g/mol. The van der Waals surface area contributed by atoms with Gasteiger partial charge in [-0.2, -0.15) is 0 Å². The first kappa shape index (κ1) is 13.1. The van der Waals surface area contributed by atoms with Gasteiger partial charge in [-0.15, -0.1) is 5.10 Å². The quantitative estimate of drug-likeness (QED) is 0.897. The topological polar surface area (TPSA) is 61.2 Å². The van der Waals surface area contributed by atoms with Crippen LogP contribution in [0.5, 0.6) is 11.5 Å². The van der Waals surface area contributed by atoms with E-state index in [-0.39, 0.29) is 0 Å².